The van der Waals surface area contributed by atoms with Crippen LogP contribution in [0.2, 0.25) is 0 Å². The van der Waals surface area contributed by atoms with Crippen molar-refractivity contribution in [3.63, 3.8) is 0 Å². The monoisotopic (exact) mass is 331 g/mol. The van der Waals surface area contributed by atoms with Crippen LogP contribution >= 0.6 is 15.9 Å². The fourth-order valence-corrected chi connectivity index (χ4v) is 3.59. The quantitative estimate of drug-likeness (QED) is 0.779. The van der Waals surface area contributed by atoms with E-state index in [1.165, 1.54) is 19.3 Å². The fourth-order valence-electron chi connectivity index (χ4n) is 3.01. The summed E-state index contributed by atoms with van der Waals surface area (Å²) < 4.78 is 26.9. The van der Waals surface area contributed by atoms with Crippen LogP contribution in [0.1, 0.15) is 50.6 Å². The third-order valence-corrected chi connectivity index (χ3v) is 5.21. The van der Waals surface area contributed by atoms with Gasteiger partial charge >= 0.3 is 0 Å². The molecule has 0 bridgehead atoms. The highest BCUT2D eigenvalue weighted by Crippen LogP contribution is 2.39. The molecule has 0 amide bonds. The second-order valence-electron chi connectivity index (χ2n) is 5.48. The molecule has 1 saturated carbocycles. The summed E-state index contributed by atoms with van der Waals surface area (Å²) in [4.78, 5) is 0. The second kappa shape index (κ2) is 6.31. The van der Waals surface area contributed by atoms with Crippen LogP contribution in [0.25, 0.3) is 0 Å². The van der Waals surface area contributed by atoms with Crippen LogP contribution in [0.5, 0.6) is 0 Å². The molecule has 2 N–H and O–H groups in total. The molecule has 2 rings (SSSR count). The molecular weight excluding hydrogens is 312 g/mol. The molecule has 4 heteroatoms. The molecule has 1 aliphatic carbocycles. The van der Waals surface area contributed by atoms with Crippen molar-refractivity contribution in [3.8, 4) is 0 Å². The van der Waals surface area contributed by atoms with Crippen molar-refractivity contribution in [1.29, 1.82) is 0 Å². The maximum Gasteiger partial charge on any atom is 0.173 e. The SMILES string of the molecule is CCC1CCC(C(N)c2ccc(F)c(F)c2Br)CC1. The largest absolute Gasteiger partial charge is 0.324 e. The van der Waals surface area contributed by atoms with Crippen molar-refractivity contribution in [2.45, 2.75) is 45.1 Å². The van der Waals surface area contributed by atoms with Crippen molar-refractivity contribution in [2.75, 3.05) is 0 Å². The molecule has 0 aromatic heterocycles. The van der Waals surface area contributed by atoms with E-state index in [1.54, 1.807) is 6.07 Å². The normalized spacial score (nSPS) is 25.3. The number of nitrogens with two attached hydrogens (primary N) is 1. The Bertz CT molecular complexity index is 442. The number of hydrogen-bond acceptors (Lipinski definition) is 1. The second-order valence-corrected chi connectivity index (χ2v) is 6.27. The van der Waals surface area contributed by atoms with Gasteiger partial charge in [0.15, 0.2) is 11.6 Å². The van der Waals surface area contributed by atoms with Gasteiger partial charge in [0.25, 0.3) is 0 Å². The van der Waals surface area contributed by atoms with Crippen molar-refractivity contribution in [1.82, 2.24) is 0 Å². The van der Waals surface area contributed by atoms with Gasteiger partial charge in [-0.2, -0.15) is 0 Å². The standard InChI is InChI=1S/C15H20BrF2N/c1-2-9-3-5-10(6-4-9)15(19)11-7-8-12(17)14(18)13(11)16/h7-10,15H,2-6,19H2,1H3. The Hall–Kier alpha value is -0.480. The summed E-state index contributed by atoms with van der Waals surface area (Å²) >= 11 is 3.13. The summed E-state index contributed by atoms with van der Waals surface area (Å²) in [5.41, 5.74) is 6.94. The Morgan fingerprint density at radius 1 is 1.26 bits per heavy atom. The Balaban J connectivity index is 2.12. The van der Waals surface area contributed by atoms with Gasteiger partial charge in [0.05, 0.1) is 4.47 Å². The molecule has 1 aliphatic rings. The van der Waals surface area contributed by atoms with Crippen LogP contribution in [-0.4, -0.2) is 0 Å². The highest BCUT2D eigenvalue weighted by molar-refractivity contribution is 9.10. The molecule has 106 valence electrons. The molecule has 1 aromatic carbocycles. The first-order valence-corrected chi connectivity index (χ1v) is 7.72. The van der Waals surface area contributed by atoms with E-state index < -0.39 is 11.6 Å². The van der Waals surface area contributed by atoms with Gasteiger partial charge in [0, 0.05) is 6.04 Å². The Labute approximate surface area is 121 Å². The van der Waals surface area contributed by atoms with Crippen molar-refractivity contribution in [2.24, 2.45) is 17.6 Å². The number of halogens is 3. The predicted molar refractivity (Wildman–Crippen MR) is 76.7 cm³/mol. The zero-order valence-corrected chi connectivity index (χ0v) is 12.7. The van der Waals surface area contributed by atoms with Crippen molar-refractivity contribution in [3.05, 3.63) is 33.8 Å². The summed E-state index contributed by atoms with van der Waals surface area (Å²) in [5, 5.41) is 0. The van der Waals surface area contributed by atoms with E-state index in [0.29, 0.717) is 11.5 Å². The van der Waals surface area contributed by atoms with E-state index in [9.17, 15) is 8.78 Å². The van der Waals surface area contributed by atoms with Crippen LogP contribution in [0, 0.1) is 23.5 Å². The third kappa shape index (κ3) is 3.16. The van der Waals surface area contributed by atoms with Crippen molar-refractivity contribution < 1.29 is 8.78 Å². The van der Waals surface area contributed by atoms with Gasteiger partial charge in [-0.25, -0.2) is 8.78 Å². The third-order valence-electron chi connectivity index (χ3n) is 4.40. The summed E-state index contributed by atoms with van der Waals surface area (Å²) in [6, 6.07) is 2.54. The Morgan fingerprint density at radius 3 is 2.47 bits per heavy atom. The molecule has 1 aromatic rings. The number of rotatable bonds is 3. The highest BCUT2D eigenvalue weighted by atomic mass is 79.9. The summed E-state index contributed by atoms with van der Waals surface area (Å²) in [7, 11) is 0. The highest BCUT2D eigenvalue weighted by Gasteiger charge is 2.27. The van der Waals surface area contributed by atoms with E-state index in [2.05, 4.69) is 22.9 Å². The summed E-state index contributed by atoms with van der Waals surface area (Å²) in [6.45, 7) is 2.22. The number of hydrogen-bond donors (Lipinski definition) is 1. The van der Waals surface area contributed by atoms with E-state index in [1.807, 2.05) is 0 Å². The Morgan fingerprint density at radius 2 is 1.89 bits per heavy atom. The summed E-state index contributed by atoms with van der Waals surface area (Å²) in [6.07, 6.45) is 5.75. The minimum atomic E-state index is -0.838. The molecule has 1 unspecified atom stereocenters. The first-order valence-electron chi connectivity index (χ1n) is 6.93. The smallest absolute Gasteiger partial charge is 0.173 e. The van der Waals surface area contributed by atoms with Gasteiger partial charge in [-0.1, -0.05) is 32.3 Å². The predicted octanol–water partition coefficient (Wildman–Crippen LogP) is 4.94. The lowest BCUT2D eigenvalue weighted by atomic mass is 9.76. The van der Waals surface area contributed by atoms with Gasteiger partial charge < -0.3 is 5.73 Å². The van der Waals surface area contributed by atoms with Crippen LogP contribution < -0.4 is 5.73 Å². The lowest BCUT2D eigenvalue weighted by Gasteiger charge is -2.32. The van der Waals surface area contributed by atoms with Crippen LogP contribution in [0.4, 0.5) is 8.78 Å². The van der Waals surface area contributed by atoms with Crippen LogP contribution in [-0.2, 0) is 0 Å². The molecule has 1 fully saturated rings. The van der Waals surface area contributed by atoms with Gasteiger partial charge in [-0.3, -0.25) is 0 Å². The van der Waals surface area contributed by atoms with E-state index in [-0.39, 0.29) is 10.5 Å². The van der Waals surface area contributed by atoms with E-state index in [4.69, 9.17) is 5.73 Å². The molecule has 0 saturated heterocycles. The minimum Gasteiger partial charge on any atom is -0.324 e. The van der Waals surface area contributed by atoms with Gasteiger partial charge in [0.1, 0.15) is 0 Å². The fraction of sp³-hybridized carbons (Fsp3) is 0.600. The number of benzene rings is 1. The molecule has 0 spiro atoms. The van der Waals surface area contributed by atoms with E-state index >= 15 is 0 Å². The van der Waals surface area contributed by atoms with Gasteiger partial charge in [0.2, 0.25) is 0 Å². The van der Waals surface area contributed by atoms with Crippen LogP contribution in [0.3, 0.4) is 0 Å². The minimum absolute atomic E-state index is 0.178. The lowest BCUT2D eigenvalue weighted by Crippen LogP contribution is -2.26. The molecule has 1 nitrogen and oxygen atoms in total. The zero-order valence-electron chi connectivity index (χ0n) is 11.1. The van der Waals surface area contributed by atoms with Gasteiger partial charge in [-0.15, -0.1) is 0 Å². The van der Waals surface area contributed by atoms with Gasteiger partial charge in [-0.05, 0) is 52.2 Å². The first kappa shape index (κ1) is 14.9. The lowest BCUT2D eigenvalue weighted by molar-refractivity contribution is 0.239. The molecule has 0 heterocycles. The molecule has 1 atom stereocenters. The topological polar surface area (TPSA) is 26.0 Å². The Kier molecular flexibility index (Phi) is 4.96. The maximum absolute atomic E-state index is 13.6. The maximum atomic E-state index is 13.6. The zero-order chi connectivity index (χ0) is 14.0. The van der Waals surface area contributed by atoms with E-state index in [0.717, 1.165) is 24.8 Å². The summed E-state index contributed by atoms with van der Waals surface area (Å²) in [5.74, 6) is -0.506. The average molecular weight is 332 g/mol. The first-order chi connectivity index (χ1) is 9.04. The van der Waals surface area contributed by atoms with Crippen molar-refractivity contribution >= 4 is 15.9 Å². The molecule has 19 heavy (non-hydrogen) atoms. The van der Waals surface area contributed by atoms with Crippen LogP contribution in [0.15, 0.2) is 16.6 Å². The molecular formula is C15H20BrF2N. The molecule has 0 aliphatic heterocycles. The molecule has 0 radical (unpaired) electrons. The average Bonchev–Trinajstić information content (AvgIpc) is 2.44.